The molecule has 0 nitrogen and oxygen atoms in total. The molecule has 1 rings (SSSR count). The molecular weight excluding hydrogens is 60.1 g/mol. The fourth-order valence-electron chi connectivity index (χ4n) is 0.295. The highest BCUT2D eigenvalue weighted by atomic mass is 14.1. The van der Waals surface area contributed by atoms with Gasteiger partial charge in [0, 0.05) is 0 Å². The van der Waals surface area contributed by atoms with E-state index in [0.29, 0.717) is 0 Å². The van der Waals surface area contributed by atoms with Crippen LogP contribution >= 0.6 is 0 Å². The van der Waals surface area contributed by atoms with Crippen LogP contribution in [0.15, 0.2) is 11.6 Å². The SMILES string of the molecule is C/C=C1\[CH]C1. The Morgan fingerprint density at radius 1 is 2.00 bits per heavy atom. The van der Waals surface area contributed by atoms with Crippen LogP contribution < -0.4 is 0 Å². The van der Waals surface area contributed by atoms with Gasteiger partial charge in [-0.2, -0.15) is 0 Å². The first kappa shape index (κ1) is 2.95. The Bertz CT molecular complexity index is 54.4. The van der Waals surface area contributed by atoms with Gasteiger partial charge in [-0.25, -0.2) is 0 Å². The van der Waals surface area contributed by atoms with Gasteiger partial charge < -0.3 is 0 Å². The van der Waals surface area contributed by atoms with E-state index >= 15 is 0 Å². The third-order valence-corrected chi connectivity index (χ3v) is 0.811. The van der Waals surface area contributed by atoms with Crippen molar-refractivity contribution in [3.8, 4) is 0 Å². The fourth-order valence-corrected chi connectivity index (χ4v) is 0.295. The minimum absolute atomic E-state index is 1.25. The molecule has 0 N–H and O–H groups in total. The first-order valence-electron chi connectivity index (χ1n) is 1.92. The van der Waals surface area contributed by atoms with Gasteiger partial charge in [0.15, 0.2) is 0 Å². The van der Waals surface area contributed by atoms with Crippen molar-refractivity contribution in [3.05, 3.63) is 18.1 Å². The lowest BCUT2D eigenvalue weighted by atomic mass is 10.6. The zero-order valence-corrected chi connectivity index (χ0v) is 3.36. The molecule has 0 aromatic rings. The van der Waals surface area contributed by atoms with Crippen LogP contribution in [0, 0.1) is 6.42 Å². The van der Waals surface area contributed by atoms with Gasteiger partial charge >= 0.3 is 0 Å². The molecule has 0 aliphatic heterocycles. The van der Waals surface area contributed by atoms with Crippen molar-refractivity contribution < 1.29 is 0 Å². The summed E-state index contributed by atoms with van der Waals surface area (Å²) in [7, 11) is 0. The number of allylic oxidation sites excluding steroid dienone is 2. The summed E-state index contributed by atoms with van der Waals surface area (Å²) in [4.78, 5) is 0. The van der Waals surface area contributed by atoms with Crippen LogP contribution in [-0.2, 0) is 0 Å². The molecule has 0 amide bonds. The van der Waals surface area contributed by atoms with Crippen molar-refractivity contribution in [2.45, 2.75) is 13.3 Å². The smallest absolute Gasteiger partial charge is 0.00971 e. The third-order valence-electron chi connectivity index (χ3n) is 0.811. The van der Waals surface area contributed by atoms with Gasteiger partial charge in [0.25, 0.3) is 0 Å². The van der Waals surface area contributed by atoms with Crippen LogP contribution in [0.4, 0.5) is 0 Å². The molecular formula is C5H7. The minimum Gasteiger partial charge on any atom is -0.0881 e. The first-order chi connectivity index (χ1) is 2.43. The van der Waals surface area contributed by atoms with E-state index in [0.717, 1.165) is 0 Å². The van der Waals surface area contributed by atoms with Crippen LogP contribution in [0.3, 0.4) is 0 Å². The van der Waals surface area contributed by atoms with E-state index < -0.39 is 0 Å². The molecule has 0 atom stereocenters. The molecule has 1 saturated carbocycles. The minimum atomic E-state index is 1.25. The average molecular weight is 67.1 g/mol. The zero-order valence-electron chi connectivity index (χ0n) is 3.36. The predicted octanol–water partition coefficient (Wildman–Crippen LogP) is 1.54. The predicted molar refractivity (Wildman–Crippen MR) is 22.7 cm³/mol. The summed E-state index contributed by atoms with van der Waals surface area (Å²) in [6.45, 7) is 2.07. The maximum atomic E-state index is 2.21. The van der Waals surface area contributed by atoms with Gasteiger partial charge in [-0.05, 0) is 19.8 Å². The molecule has 0 heteroatoms. The third kappa shape index (κ3) is 0.504. The number of hydrogen-bond donors (Lipinski definition) is 0. The van der Waals surface area contributed by atoms with Crippen LogP contribution in [0.2, 0.25) is 0 Å². The second-order valence-electron chi connectivity index (χ2n) is 1.27. The molecule has 0 unspecified atom stereocenters. The molecule has 1 aliphatic rings. The number of rotatable bonds is 0. The standard InChI is InChI=1S/C5H7/c1-2-5-3-4-5/h2-3H,4H2,1H3/b5-2+. The molecule has 0 heterocycles. The largest absolute Gasteiger partial charge is 0.0881 e. The molecule has 0 bridgehead atoms. The van der Waals surface area contributed by atoms with Gasteiger partial charge in [-0.3, -0.25) is 0 Å². The molecule has 27 valence electrons. The molecule has 5 heavy (non-hydrogen) atoms. The Kier molecular flexibility index (Phi) is 0.503. The Hall–Kier alpha value is -0.260. The summed E-state index contributed by atoms with van der Waals surface area (Å²) in [6.07, 6.45) is 5.59. The average Bonchev–Trinajstić information content (AvgIpc) is 2.12. The van der Waals surface area contributed by atoms with Crippen molar-refractivity contribution in [1.82, 2.24) is 0 Å². The Balaban J connectivity index is 2.46. The highest BCUT2D eigenvalue weighted by molar-refractivity contribution is 5.30. The van der Waals surface area contributed by atoms with Crippen LogP contribution in [-0.4, -0.2) is 0 Å². The summed E-state index contributed by atoms with van der Waals surface area (Å²) >= 11 is 0. The van der Waals surface area contributed by atoms with Gasteiger partial charge in [-0.1, -0.05) is 11.6 Å². The zero-order chi connectivity index (χ0) is 3.70. The quantitative estimate of drug-likeness (QED) is 0.403. The van der Waals surface area contributed by atoms with Gasteiger partial charge in [0.05, 0.1) is 0 Å². The van der Waals surface area contributed by atoms with Crippen molar-refractivity contribution >= 4 is 0 Å². The van der Waals surface area contributed by atoms with E-state index in [2.05, 4.69) is 19.4 Å². The Morgan fingerprint density at radius 2 is 2.60 bits per heavy atom. The monoisotopic (exact) mass is 67.1 g/mol. The highest BCUT2D eigenvalue weighted by Gasteiger charge is 2.07. The maximum Gasteiger partial charge on any atom is -0.00971 e. The summed E-state index contributed by atoms with van der Waals surface area (Å²) in [5.74, 6) is 0. The van der Waals surface area contributed by atoms with E-state index in [9.17, 15) is 0 Å². The molecule has 0 saturated heterocycles. The lowest BCUT2D eigenvalue weighted by Gasteiger charge is -1.52. The fraction of sp³-hybridized carbons (Fsp3) is 0.400. The lowest BCUT2D eigenvalue weighted by molar-refractivity contribution is 1.63. The van der Waals surface area contributed by atoms with E-state index in [1.54, 1.807) is 0 Å². The molecule has 0 aromatic heterocycles. The molecule has 1 aliphatic carbocycles. The molecule has 0 spiro atoms. The second-order valence-corrected chi connectivity index (χ2v) is 1.27. The van der Waals surface area contributed by atoms with E-state index in [-0.39, 0.29) is 0 Å². The van der Waals surface area contributed by atoms with E-state index in [1.807, 2.05) is 0 Å². The van der Waals surface area contributed by atoms with Gasteiger partial charge in [-0.15, -0.1) is 0 Å². The highest BCUT2D eigenvalue weighted by Crippen LogP contribution is 2.24. The Morgan fingerprint density at radius 3 is 2.60 bits per heavy atom. The summed E-state index contributed by atoms with van der Waals surface area (Å²) in [5, 5.41) is 0. The lowest BCUT2D eigenvalue weighted by Crippen LogP contribution is -1.31. The van der Waals surface area contributed by atoms with E-state index in [1.165, 1.54) is 12.0 Å². The van der Waals surface area contributed by atoms with Crippen LogP contribution in [0.5, 0.6) is 0 Å². The molecule has 0 aromatic carbocycles. The van der Waals surface area contributed by atoms with Gasteiger partial charge in [0.1, 0.15) is 0 Å². The molecule has 1 fully saturated rings. The van der Waals surface area contributed by atoms with Crippen molar-refractivity contribution in [2.24, 2.45) is 0 Å². The summed E-state index contributed by atoms with van der Waals surface area (Å²) < 4.78 is 0. The summed E-state index contributed by atoms with van der Waals surface area (Å²) in [6, 6.07) is 0. The second kappa shape index (κ2) is 0.852. The van der Waals surface area contributed by atoms with E-state index in [4.69, 9.17) is 0 Å². The van der Waals surface area contributed by atoms with Gasteiger partial charge in [0.2, 0.25) is 0 Å². The van der Waals surface area contributed by atoms with Crippen molar-refractivity contribution in [2.75, 3.05) is 0 Å². The molecule has 1 radical (unpaired) electrons. The van der Waals surface area contributed by atoms with Crippen molar-refractivity contribution in [3.63, 3.8) is 0 Å². The summed E-state index contributed by atoms with van der Waals surface area (Å²) in [5.41, 5.74) is 1.50. The number of hydrogen-bond acceptors (Lipinski definition) is 0. The first-order valence-corrected chi connectivity index (χ1v) is 1.92. The van der Waals surface area contributed by atoms with Crippen LogP contribution in [0.25, 0.3) is 0 Å². The van der Waals surface area contributed by atoms with Crippen molar-refractivity contribution in [1.29, 1.82) is 0 Å². The topological polar surface area (TPSA) is 0 Å². The normalized spacial score (nSPS) is 27.8. The Labute approximate surface area is 32.5 Å². The van der Waals surface area contributed by atoms with Crippen LogP contribution in [0.1, 0.15) is 13.3 Å². The maximum absolute atomic E-state index is 2.21.